The highest BCUT2D eigenvalue weighted by Gasteiger charge is 2.21. The van der Waals surface area contributed by atoms with Crippen molar-refractivity contribution in [1.29, 1.82) is 0 Å². The van der Waals surface area contributed by atoms with Crippen LogP contribution in [0.1, 0.15) is 24.0 Å². The number of aryl methyl sites for hydroxylation is 1. The summed E-state index contributed by atoms with van der Waals surface area (Å²) < 4.78 is 7.58. The van der Waals surface area contributed by atoms with Gasteiger partial charge in [0.25, 0.3) is 0 Å². The lowest BCUT2D eigenvalue weighted by Gasteiger charge is -2.32. The lowest BCUT2D eigenvalue weighted by atomic mass is 9.97. The van der Waals surface area contributed by atoms with Gasteiger partial charge in [-0.1, -0.05) is 6.58 Å². The number of nitrogens with one attached hydrogen (secondary N) is 2. The average Bonchev–Trinajstić information content (AvgIpc) is 3.16. The van der Waals surface area contributed by atoms with Crippen molar-refractivity contribution in [2.45, 2.75) is 19.3 Å². The van der Waals surface area contributed by atoms with Crippen LogP contribution in [-0.2, 0) is 13.5 Å². The molecule has 8 heteroatoms. The van der Waals surface area contributed by atoms with Crippen LogP contribution in [-0.4, -0.2) is 53.0 Å². The molecule has 0 atom stereocenters. The Hall–Kier alpha value is -3.10. The number of nitrogens with zero attached hydrogens (tertiary/aromatic N) is 4. The van der Waals surface area contributed by atoms with Crippen LogP contribution in [0.4, 0.5) is 5.95 Å². The van der Waals surface area contributed by atoms with Crippen LogP contribution < -0.4 is 20.4 Å². The van der Waals surface area contributed by atoms with Crippen LogP contribution >= 0.6 is 0 Å². The first-order chi connectivity index (χ1) is 15.6. The summed E-state index contributed by atoms with van der Waals surface area (Å²) in [6.45, 7) is 7.60. The van der Waals surface area contributed by atoms with Crippen molar-refractivity contribution in [1.82, 2.24) is 25.3 Å². The van der Waals surface area contributed by atoms with Gasteiger partial charge in [-0.2, -0.15) is 0 Å². The quantitative estimate of drug-likeness (QED) is 0.351. The van der Waals surface area contributed by atoms with Crippen molar-refractivity contribution in [2.75, 3.05) is 38.2 Å². The minimum absolute atomic E-state index is 0.393. The predicted molar refractivity (Wildman–Crippen MR) is 127 cm³/mol. The maximum atomic E-state index is 8.93. The van der Waals surface area contributed by atoms with Gasteiger partial charge in [0.15, 0.2) is 0 Å². The van der Waals surface area contributed by atoms with E-state index < -0.39 is 0 Å². The van der Waals surface area contributed by atoms with Crippen LogP contribution in [0.15, 0.2) is 43.4 Å². The molecule has 3 aromatic rings. The lowest BCUT2D eigenvalue weighted by Crippen LogP contribution is -2.38. The molecule has 1 saturated heterocycles. The normalized spacial score (nSPS) is 14.7. The van der Waals surface area contributed by atoms with Crippen LogP contribution in [0.5, 0.6) is 5.75 Å². The Morgan fingerprint density at radius 1 is 1.25 bits per heavy atom. The van der Waals surface area contributed by atoms with Crippen molar-refractivity contribution < 1.29 is 9.94 Å². The molecule has 0 unspecified atom stereocenters. The summed E-state index contributed by atoms with van der Waals surface area (Å²) in [7, 11) is 3.81. The summed E-state index contributed by atoms with van der Waals surface area (Å²) in [4.78, 5) is 11.1. The number of fused-ring (bicyclic) bond motifs is 1. The first-order valence-corrected chi connectivity index (χ1v) is 11.1. The van der Waals surface area contributed by atoms with Gasteiger partial charge in [0.1, 0.15) is 5.75 Å². The zero-order chi connectivity index (χ0) is 22.5. The van der Waals surface area contributed by atoms with Gasteiger partial charge in [0, 0.05) is 55.2 Å². The van der Waals surface area contributed by atoms with Crippen molar-refractivity contribution in [3.63, 3.8) is 0 Å². The largest absolute Gasteiger partial charge is 0.497 e. The number of piperidine rings is 1. The van der Waals surface area contributed by atoms with Gasteiger partial charge in [-0.15, -0.1) is 0 Å². The van der Waals surface area contributed by atoms with E-state index in [0.717, 1.165) is 57.1 Å². The Morgan fingerprint density at radius 2 is 2.00 bits per heavy atom. The standard InChI is InChI=1S/C24H32N6O2/c1-17(28-31)20-14-26-24(27-15-20)30-10-7-18(8-11-30)13-25-9-6-19-16-29(2)23-5-4-21(32-3)12-22(19)23/h4-5,12,14-16,18,25,28,31H,1,6-11,13H2,2-3H3. The molecule has 0 saturated carbocycles. The molecule has 0 aliphatic carbocycles. The zero-order valence-corrected chi connectivity index (χ0v) is 18.8. The fourth-order valence-electron chi connectivity index (χ4n) is 4.35. The molecule has 1 aliphatic rings. The number of hydrogen-bond donors (Lipinski definition) is 3. The SMILES string of the molecule is C=C(NO)c1cnc(N2CCC(CNCCc3cn(C)c4ccc(OC)cc34)CC2)nc1. The Bertz CT molecular complexity index is 1050. The highest BCUT2D eigenvalue weighted by atomic mass is 16.5. The molecule has 3 N–H and O–H groups in total. The van der Waals surface area contributed by atoms with Gasteiger partial charge >= 0.3 is 0 Å². The van der Waals surface area contributed by atoms with Gasteiger partial charge in [-0.25, -0.2) is 9.97 Å². The second-order valence-corrected chi connectivity index (χ2v) is 8.39. The molecule has 2 aromatic heterocycles. The first kappa shape index (κ1) is 22.1. The van der Waals surface area contributed by atoms with E-state index in [1.165, 1.54) is 16.5 Å². The third kappa shape index (κ3) is 4.87. The molecule has 32 heavy (non-hydrogen) atoms. The number of hydroxylamine groups is 1. The Labute approximate surface area is 188 Å². The smallest absolute Gasteiger partial charge is 0.225 e. The maximum Gasteiger partial charge on any atom is 0.225 e. The molecule has 0 amide bonds. The van der Waals surface area contributed by atoms with E-state index in [1.54, 1.807) is 19.5 Å². The van der Waals surface area contributed by atoms with E-state index in [2.05, 4.69) is 56.7 Å². The zero-order valence-electron chi connectivity index (χ0n) is 18.8. The number of methoxy groups -OCH3 is 1. The molecule has 1 aromatic carbocycles. The third-order valence-corrected chi connectivity index (χ3v) is 6.30. The van der Waals surface area contributed by atoms with Crippen LogP contribution in [0.2, 0.25) is 0 Å². The molecule has 170 valence electrons. The molecule has 0 bridgehead atoms. The molecule has 8 nitrogen and oxygen atoms in total. The van der Waals surface area contributed by atoms with Gasteiger partial charge in [-0.05, 0) is 62.0 Å². The molecule has 0 radical (unpaired) electrons. The van der Waals surface area contributed by atoms with Gasteiger partial charge in [0.05, 0.1) is 12.8 Å². The second kappa shape index (κ2) is 10.0. The fraction of sp³-hybridized carbons (Fsp3) is 0.417. The van der Waals surface area contributed by atoms with E-state index in [-0.39, 0.29) is 0 Å². The molecule has 3 heterocycles. The highest BCUT2D eigenvalue weighted by molar-refractivity contribution is 5.85. The van der Waals surface area contributed by atoms with Crippen molar-refractivity contribution in [3.05, 3.63) is 54.5 Å². The van der Waals surface area contributed by atoms with Gasteiger partial charge < -0.3 is 19.5 Å². The topological polar surface area (TPSA) is 87.5 Å². The third-order valence-electron chi connectivity index (χ3n) is 6.30. The Morgan fingerprint density at radius 3 is 2.69 bits per heavy atom. The number of anilines is 1. The first-order valence-electron chi connectivity index (χ1n) is 11.1. The molecule has 0 spiro atoms. The molecule has 4 rings (SSSR count). The summed E-state index contributed by atoms with van der Waals surface area (Å²) in [5.74, 6) is 2.30. The Balaban J connectivity index is 1.23. The number of ether oxygens (including phenoxy) is 1. The molecule has 1 aliphatic heterocycles. The van der Waals surface area contributed by atoms with Crippen molar-refractivity contribution >= 4 is 22.5 Å². The molecule has 1 fully saturated rings. The lowest BCUT2D eigenvalue weighted by molar-refractivity contribution is 0.225. The summed E-state index contributed by atoms with van der Waals surface area (Å²) in [5, 5.41) is 13.9. The van der Waals surface area contributed by atoms with E-state index in [4.69, 9.17) is 9.94 Å². The van der Waals surface area contributed by atoms with Crippen molar-refractivity contribution in [3.8, 4) is 5.75 Å². The maximum absolute atomic E-state index is 8.93. The van der Waals surface area contributed by atoms with Gasteiger partial charge in [0.2, 0.25) is 5.95 Å². The Kier molecular flexibility index (Phi) is 6.92. The van der Waals surface area contributed by atoms with Crippen LogP contribution in [0, 0.1) is 5.92 Å². The number of aromatic nitrogens is 3. The summed E-state index contributed by atoms with van der Waals surface area (Å²) in [6.07, 6.45) is 8.83. The van der Waals surface area contributed by atoms with Gasteiger partial charge in [-0.3, -0.25) is 10.7 Å². The van der Waals surface area contributed by atoms with Crippen LogP contribution in [0.25, 0.3) is 16.6 Å². The predicted octanol–water partition coefficient (Wildman–Crippen LogP) is 2.98. The van der Waals surface area contributed by atoms with E-state index in [0.29, 0.717) is 17.2 Å². The summed E-state index contributed by atoms with van der Waals surface area (Å²) in [5.41, 5.74) is 5.69. The fourth-order valence-corrected chi connectivity index (χ4v) is 4.35. The van der Waals surface area contributed by atoms with Crippen LogP contribution in [0.3, 0.4) is 0 Å². The molecular formula is C24H32N6O2. The van der Waals surface area contributed by atoms with E-state index in [1.807, 2.05) is 11.5 Å². The number of hydrogen-bond acceptors (Lipinski definition) is 7. The second-order valence-electron chi connectivity index (χ2n) is 8.39. The minimum Gasteiger partial charge on any atom is -0.497 e. The summed E-state index contributed by atoms with van der Waals surface area (Å²) in [6, 6.07) is 6.26. The molecular weight excluding hydrogens is 404 g/mol. The number of rotatable bonds is 9. The average molecular weight is 437 g/mol. The minimum atomic E-state index is 0.393. The number of benzene rings is 1. The summed E-state index contributed by atoms with van der Waals surface area (Å²) >= 11 is 0. The van der Waals surface area contributed by atoms with Crippen molar-refractivity contribution in [2.24, 2.45) is 13.0 Å². The van der Waals surface area contributed by atoms with E-state index >= 15 is 0 Å². The van der Waals surface area contributed by atoms with E-state index in [9.17, 15) is 0 Å². The highest BCUT2D eigenvalue weighted by Crippen LogP contribution is 2.26. The monoisotopic (exact) mass is 436 g/mol.